The van der Waals surface area contributed by atoms with Gasteiger partial charge in [0.2, 0.25) is 23.5 Å². The zero-order chi connectivity index (χ0) is 71.5. The average Bonchev–Trinajstić information content (AvgIpc) is 1.61. The molecule has 4 fully saturated rings. The van der Waals surface area contributed by atoms with Gasteiger partial charge in [-0.15, -0.1) is 0 Å². The van der Waals surface area contributed by atoms with Crippen LogP contribution in [0.1, 0.15) is 141 Å². The Balaban J connectivity index is 0.000000170. The number of aliphatic hydroxyl groups excluding tert-OH is 1. The lowest BCUT2D eigenvalue weighted by molar-refractivity contribution is -0.385. The van der Waals surface area contributed by atoms with Crippen molar-refractivity contribution in [1.82, 2.24) is 74.2 Å². The van der Waals surface area contributed by atoms with Crippen LogP contribution in [0.2, 0.25) is 0 Å². The maximum absolute atomic E-state index is 10.3. The number of hydrogen-bond acceptors (Lipinski definition) is 25. The lowest BCUT2D eigenvalue weighted by Crippen LogP contribution is -2.41. The number of hydrogen-bond donors (Lipinski definition) is 4. The fraction of sp³-hybridized carbons (Fsp3) is 0.409. The molecule has 99 heavy (non-hydrogen) atoms. The molecule has 9 aromatic heterocycles. The second-order valence-corrected chi connectivity index (χ2v) is 26.8. The molecule has 33 heteroatoms. The highest BCUT2D eigenvalue weighted by Gasteiger charge is 2.52. The molecular weight excluding hydrogens is 1460 g/mol. The van der Waals surface area contributed by atoms with Crippen LogP contribution in [0.4, 0.5) is 29.2 Å². The third-order valence-corrected chi connectivity index (χ3v) is 17.1. The topological polar surface area (TPSA) is 405 Å². The van der Waals surface area contributed by atoms with Crippen LogP contribution < -0.4 is 31.7 Å². The van der Waals surface area contributed by atoms with Gasteiger partial charge in [-0.3, -0.25) is 24.2 Å². The van der Waals surface area contributed by atoms with Crippen LogP contribution in [-0.4, -0.2) is 121 Å². The molecule has 518 valence electrons. The van der Waals surface area contributed by atoms with Crippen molar-refractivity contribution < 1.29 is 28.8 Å². The molecule has 29 nitrogen and oxygen atoms in total. The van der Waals surface area contributed by atoms with Crippen molar-refractivity contribution >= 4 is 89.6 Å². The van der Waals surface area contributed by atoms with Crippen LogP contribution >= 0.6 is 47.8 Å². The van der Waals surface area contributed by atoms with Crippen LogP contribution in [-0.2, 0) is 30.5 Å². The molecule has 0 unspecified atom stereocenters. The Morgan fingerprint density at radius 2 is 0.949 bits per heavy atom. The normalized spacial score (nSPS) is 15.3. The summed E-state index contributed by atoms with van der Waals surface area (Å²) in [6.07, 6.45) is 43.4. The summed E-state index contributed by atoms with van der Waals surface area (Å²) in [7, 11) is 5.31. The third-order valence-electron chi connectivity index (χ3n) is 15.8. The fourth-order valence-electron chi connectivity index (χ4n) is 9.90. The van der Waals surface area contributed by atoms with E-state index in [4.69, 9.17) is 45.9 Å². The first-order valence-corrected chi connectivity index (χ1v) is 34.2. The number of nitriles is 3. The molecule has 0 amide bonds. The van der Waals surface area contributed by atoms with Gasteiger partial charge in [0.1, 0.15) is 18.2 Å². The minimum absolute atomic E-state index is 0.0359. The number of anilines is 4. The zero-order valence-electron chi connectivity index (χ0n) is 56.0. The standard InChI is InChI=1S/C20H21N7O.C12H13BrN2O.C10H17BN2O2.C8H9N5.C6H2BrN3O2.C6H12O.C4H4BrN3/c1-27-13-15(11-25-27)14-9-23-20(24-10-14)26-16-7-19(18(8-21)22-12-16)28-17-5-3-2-4-6-17;13-9-6-12(11(7-14)15-8-9)16-10-4-2-1-3-5-10;1-9(2)10(3,4)15-11(14-9)8-6-12-13(5)7-8;1-13-5-7(4-12-13)6-2-10-8(9)11-3-6;7-4-1-6(10(11)12)5(2-8)9-3-4;7-6-4-2-1-3-5-6;5-3-1-7-4(6)8-2-3/h7,9-13,17H,2-6H2,1H3,(H,23,24,26);6,8,10H,1-5H2;6-7H,1-5H3;2-5H,1H3,(H2,9,10,11);1,3H;6-7H,1-5H2;1-2H,(H2,6,7,8). The van der Waals surface area contributed by atoms with Crippen molar-refractivity contribution in [2.75, 3.05) is 16.8 Å². The maximum atomic E-state index is 10.3. The molecule has 0 bridgehead atoms. The van der Waals surface area contributed by atoms with E-state index in [1.165, 1.54) is 57.2 Å². The van der Waals surface area contributed by atoms with Gasteiger partial charge >= 0.3 is 12.8 Å². The summed E-state index contributed by atoms with van der Waals surface area (Å²) in [4.78, 5) is 45.4. The first kappa shape index (κ1) is 76.9. The molecule has 3 aliphatic carbocycles. The van der Waals surface area contributed by atoms with Gasteiger partial charge in [-0.1, -0.05) is 32.1 Å². The van der Waals surface area contributed by atoms with Crippen LogP contribution in [0, 0.1) is 44.1 Å². The summed E-state index contributed by atoms with van der Waals surface area (Å²) in [6.45, 7) is 8.18. The van der Waals surface area contributed by atoms with E-state index in [2.05, 4.69) is 125 Å². The lowest BCUT2D eigenvalue weighted by Gasteiger charge is -2.32. The number of rotatable bonds is 10. The average molecular weight is 1540 g/mol. The first-order chi connectivity index (χ1) is 47.4. The molecule has 0 aromatic carbocycles. The van der Waals surface area contributed by atoms with Crippen molar-refractivity contribution in [3.05, 3.63) is 152 Å². The second kappa shape index (κ2) is 38.1. The minimum atomic E-state index is -0.643. The molecule has 0 atom stereocenters. The van der Waals surface area contributed by atoms with E-state index in [9.17, 15) is 15.4 Å². The monoisotopic (exact) mass is 1540 g/mol. The van der Waals surface area contributed by atoms with Gasteiger partial charge in [0, 0.05) is 144 Å². The molecule has 9 aromatic rings. The fourth-order valence-corrected chi connectivity index (χ4v) is 10.7. The number of ether oxygens (including phenoxy) is 2. The number of nitrogens with zero attached hydrogens (tertiary/aromatic N) is 19. The van der Waals surface area contributed by atoms with Gasteiger partial charge < -0.3 is 40.7 Å². The highest BCUT2D eigenvalue weighted by molar-refractivity contribution is 9.11. The maximum Gasteiger partial charge on any atom is 0.498 e. The smallest absolute Gasteiger partial charge is 0.487 e. The zero-order valence-corrected chi connectivity index (χ0v) is 60.7. The number of nitrogens with one attached hydrogen (secondary N) is 1. The van der Waals surface area contributed by atoms with E-state index in [1.54, 1.807) is 94.3 Å². The predicted octanol–water partition coefficient (Wildman–Crippen LogP) is 12.0. The molecule has 0 spiro atoms. The highest BCUT2D eigenvalue weighted by Crippen LogP contribution is 2.37. The Morgan fingerprint density at radius 1 is 0.545 bits per heavy atom. The van der Waals surface area contributed by atoms with Gasteiger partial charge in [-0.05, 0) is 146 Å². The van der Waals surface area contributed by atoms with Crippen LogP contribution in [0.15, 0.2) is 125 Å². The minimum Gasteiger partial charge on any atom is -0.487 e. The van der Waals surface area contributed by atoms with Crippen LogP contribution in [0.25, 0.3) is 22.3 Å². The third kappa shape index (κ3) is 24.8. The summed E-state index contributed by atoms with van der Waals surface area (Å²) in [5, 5.41) is 61.4. The van der Waals surface area contributed by atoms with E-state index < -0.39 is 4.92 Å². The predicted molar refractivity (Wildman–Crippen MR) is 382 cm³/mol. The number of nitrogen functional groups attached to an aromatic ring is 2. The van der Waals surface area contributed by atoms with Gasteiger partial charge in [0.25, 0.3) is 0 Å². The Bertz CT molecular complexity index is 4110. The van der Waals surface area contributed by atoms with E-state index in [0.29, 0.717) is 44.9 Å². The molecule has 1 saturated heterocycles. The second-order valence-electron chi connectivity index (χ2n) is 24.1. The highest BCUT2D eigenvalue weighted by atomic mass is 79.9. The first-order valence-electron chi connectivity index (χ1n) is 31.8. The van der Waals surface area contributed by atoms with E-state index in [1.807, 2.05) is 73.5 Å². The molecule has 13 rings (SSSR count). The molecule has 4 aliphatic rings. The number of pyridine rings is 3. The van der Waals surface area contributed by atoms with E-state index in [-0.39, 0.29) is 54.0 Å². The number of nitrogens with two attached hydrogens (primary N) is 2. The van der Waals surface area contributed by atoms with E-state index in [0.717, 1.165) is 88.0 Å². The van der Waals surface area contributed by atoms with Gasteiger partial charge in [0.15, 0.2) is 22.9 Å². The Labute approximate surface area is 599 Å². The summed E-state index contributed by atoms with van der Waals surface area (Å²) in [6, 6.07) is 10.6. The van der Waals surface area contributed by atoms with Crippen LogP contribution in [0.3, 0.4) is 0 Å². The molecule has 6 N–H and O–H groups in total. The molecule has 0 radical (unpaired) electrons. The lowest BCUT2D eigenvalue weighted by atomic mass is 9.82. The van der Waals surface area contributed by atoms with Gasteiger partial charge in [0.05, 0.1) is 63.2 Å². The number of halogens is 3. The molecule has 3 saturated carbocycles. The van der Waals surface area contributed by atoms with Gasteiger partial charge in [-0.25, -0.2) is 44.9 Å². The summed E-state index contributed by atoms with van der Waals surface area (Å²) < 4.78 is 31.1. The number of aromatic nitrogens is 15. The Hall–Kier alpha value is -9.43. The van der Waals surface area contributed by atoms with Crippen molar-refractivity contribution in [3.63, 3.8) is 0 Å². The molecular formula is C66H78BBr3N22O7. The van der Waals surface area contributed by atoms with Gasteiger partial charge in [-0.2, -0.15) is 31.1 Å². The molecule has 1 aliphatic heterocycles. The van der Waals surface area contributed by atoms with Crippen molar-refractivity contribution in [2.45, 2.75) is 154 Å². The number of aryl methyl sites for hydroxylation is 3. The number of aliphatic hydroxyl groups is 1. The van der Waals surface area contributed by atoms with Crippen LogP contribution in [0.5, 0.6) is 11.5 Å². The summed E-state index contributed by atoms with van der Waals surface area (Å²) in [5.74, 6) is 2.14. The molecule has 10 heterocycles. The quantitative estimate of drug-likeness (QED) is 0.0561. The van der Waals surface area contributed by atoms with Crippen molar-refractivity contribution in [1.29, 1.82) is 15.8 Å². The summed E-state index contributed by atoms with van der Waals surface area (Å²) in [5.41, 5.74) is 15.6. The number of nitro groups is 1. The Morgan fingerprint density at radius 3 is 1.36 bits per heavy atom. The van der Waals surface area contributed by atoms with E-state index >= 15 is 0 Å². The Kier molecular flexibility index (Phi) is 29.6. The summed E-state index contributed by atoms with van der Waals surface area (Å²) >= 11 is 9.52. The SMILES string of the molecule is Cn1cc(-c2cnc(N)nc2)cn1.Cn1cc(-c2cnc(Nc3cnc(C#N)c(OC4CCCCC4)c3)nc2)cn1.Cn1cc(B2OC(C)(C)C(C)(C)O2)cn1.N#Cc1ncc(Br)cc1OC1CCCCC1.N#Cc1ncc(Br)cc1[N+](=O)[O-].Nc1ncc(Br)cn1.OC1CCCCC1. The largest absolute Gasteiger partial charge is 0.498 e. The van der Waals surface area contributed by atoms with Crippen molar-refractivity contribution in [3.8, 4) is 52.0 Å². The van der Waals surface area contributed by atoms with Crippen molar-refractivity contribution in [2.24, 2.45) is 21.1 Å².